The first-order valence-corrected chi connectivity index (χ1v) is 7.39. The van der Waals surface area contributed by atoms with Gasteiger partial charge in [0.15, 0.2) is 5.82 Å². The number of carbonyl (C=O) groups is 1. The maximum absolute atomic E-state index is 12.2. The molecule has 1 aliphatic heterocycles. The molecule has 0 radical (unpaired) electrons. The summed E-state index contributed by atoms with van der Waals surface area (Å²) in [5.74, 6) is 0.667. The van der Waals surface area contributed by atoms with Crippen LogP contribution in [0.3, 0.4) is 0 Å². The number of benzene rings is 2. The van der Waals surface area contributed by atoms with Crippen LogP contribution in [0.2, 0.25) is 0 Å². The highest BCUT2D eigenvalue weighted by atomic mass is 32.1. The Morgan fingerprint density at radius 3 is 2.71 bits per heavy atom. The molecule has 5 heteroatoms. The fraction of sp³-hybridized carbons (Fsp3) is 0.0625. The second-order valence-electron chi connectivity index (χ2n) is 4.82. The molecule has 0 fully saturated rings. The third kappa shape index (κ3) is 2.02. The first-order valence-electron chi connectivity index (χ1n) is 6.62. The van der Waals surface area contributed by atoms with Crippen LogP contribution in [0.1, 0.15) is 15.9 Å². The summed E-state index contributed by atoms with van der Waals surface area (Å²) in [5.41, 5.74) is 2.94. The summed E-state index contributed by atoms with van der Waals surface area (Å²) in [4.78, 5) is 17.1. The first-order chi connectivity index (χ1) is 10.3. The Hall–Kier alpha value is -2.53. The zero-order valence-electron chi connectivity index (χ0n) is 11.1. The SMILES string of the molecule is O=C(N=c1snc2n1Cc1ccccc1-2)c1ccccc1. The number of hydrogen-bond donors (Lipinski definition) is 0. The van der Waals surface area contributed by atoms with E-state index in [0.717, 1.165) is 17.9 Å². The van der Waals surface area contributed by atoms with Gasteiger partial charge in [-0.25, -0.2) is 0 Å². The topological polar surface area (TPSA) is 47.2 Å². The molecular formula is C16H11N3OS. The highest BCUT2D eigenvalue weighted by molar-refractivity contribution is 7.03. The molecule has 1 amide bonds. The number of rotatable bonds is 1. The van der Waals surface area contributed by atoms with E-state index >= 15 is 0 Å². The zero-order chi connectivity index (χ0) is 14.2. The van der Waals surface area contributed by atoms with Crippen LogP contribution in [0.25, 0.3) is 11.4 Å². The van der Waals surface area contributed by atoms with Crippen molar-refractivity contribution < 1.29 is 4.79 Å². The third-order valence-electron chi connectivity index (χ3n) is 3.50. The molecule has 0 saturated carbocycles. The minimum Gasteiger partial charge on any atom is -0.295 e. The molecule has 1 aliphatic rings. The van der Waals surface area contributed by atoms with Crippen LogP contribution in [0.4, 0.5) is 0 Å². The van der Waals surface area contributed by atoms with Crippen LogP contribution in [0.15, 0.2) is 59.6 Å². The Kier molecular flexibility index (Phi) is 2.79. The van der Waals surface area contributed by atoms with E-state index in [-0.39, 0.29) is 5.91 Å². The summed E-state index contributed by atoms with van der Waals surface area (Å²) in [5, 5.41) is 0. The smallest absolute Gasteiger partial charge is 0.279 e. The first kappa shape index (κ1) is 12.2. The van der Waals surface area contributed by atoms with Crippen molar-refractivity contribution >= 4 is 17.4 Å². The number of amides is 1. The van der Waals surface area contributed by atoms with Gasteiger partial charge in [-0.2, -0.15) is 9.37 Å². The highest BCUT2D eigenvalue weighted by Gasteiger charge is 2.21. The van der Waals surface area contributed by atoms with Crippen molar-refractivity contribution in [3.05, 3.63) is 70.5 Å². The van der Waals surface area contributed by atoms with E-state index in [1.165, 1.54) is 17.1 Å². The summed E-state index contributed by atoms with van der Waals surface area (Å²) >= 11 is 1.26. The van der Waals surface area contributed by atoms with Gasteiger partial charge in [-0.3, -0.25) is 9.36 Å². The van der Waals surface area contributed by atoms with Crippen molar-refractivity contribution in [2.24, 2.45) is 4.99 Å². The molecule has 4 nitrogen and oxygen atoms in total. The van der Waals surface area contributed by atoms with Crippen molar-refractivity contribution in [2.45, 2.75) is 6.54 Å². The molecule has 21 heavy (non-hydrogen) atoms. The largest absolute Gasteiger partial charge is 0.295 e. The number of nitrogens with zero attached hydrogens (tertiary/aromatic N) is 3. The lowest BCUT2D eigenvalue weighted by Gasteiger charge is -1.96. The van der Waals surface area contributed by atoms with Crippen molar-refractivity contribution in [1.29, 1.82) is 0 Å². The van der Waals surface area contributed by atoms with E-state index in [9.17, 15) is 4.79 Å². The average molecular weight is 293 g/mol. The minimum atomic E-state index is -0.231. The molecule has 2 heterocycles. The fourth-order valence-electron chi connectivity index (χ4n) is 2.47. The molecule has 4 rings (SSSR count). The molecule has 3 aromatic rings. The van der Waals surface area contributed by atoms with Crippen LogP contribution >= 0.6 is 11.5 Å². The minimum absolute atomic E-state index is 0.231. The van der Waals surface area contributed by atoms with Crippen LogP contribution < -0.4 is 4.80 Å². The molecule has 0 unspecified atom stereocenters. The van der Waals surface area contributed by atoms with Crippen LogP contribution in [0, 0.1) is 0 Å². The van der Waals surface area contributed by atoms with E-state index in [4.69, 9.17) is 0 Å². The van der Waals surface area contributed by atoms with Crippen LogP contribution in [-0.2, 0) is 6.54 Å². The molecule has 0 saturated heterocycles. The lowest BCUT2D eigenvalue weighted by atomic mass is 10.1. The van der Waals surface area contributed by atoms with Crippen molar-refractivity contribution in [1.82, 2.24) is 8.94 Å². The number of carbonyl (C=O) groups excluding carboxylic acids is 1. The van der Waals surface area contributed by atoms with Gasteiger partial charge in [0.2, 0.25) is 4.80 Å². The molecule has 0 N–H and O–H groups in total. The molecule has 0 aliphatic carbocycles. The average Bonchev–Trinajstić information content (AvgIpc) is 3.08. The van der Waals surface area contributed by atoms with Gasteiger partial charge in [0.05, 0.1) is 6.54 Å². The fourth-order valence-corrected chi connectivity index (χ4v) is 3.21. The normalized spacial score (nSPS) is 13.0. The van der Waals surface area contributed by atoms with Gasteiger partial charge >= 0.3 is 0 Å². The van der Waals surface area contributed by atoms with Gasteiger partial charge in [-0.1, -0.05) is 42.5 Å². The van der Waals surface area contributed by atoms with Gasteiger partial charge in [-0.05, 0) is 17.7 Å². The number of fused-ring (bicyclic) bond motifs is 3. The van der Waals surface area contributed by atoms with Crippen molar-refractivity contribution in [3.8, 4) is 11.4 Å². The molecule has 0 spiro atoms. The Morgan fingerprint density at radius 1 is 1.10 bits per heavy atom. The Balaban J connectivity index is 1.78. The van der Waals surface area contributed by atoms with Gasteiger partial charge in [-0.15, -0.1) is 0 Å². The molecule has 1 aromatic heterocycles. The lowest BCUT2D eigenvalue weighted by Crippen LogP contribution is -2.15. The van der Waals surface area contributed by atoms with E-state index in [1.807, 2.05) is 34.9 Å². The monoisotopic (exact) mass is 293 g/mol. The quantitative estimate of drug-likeness (QED) is 0.542. The summed E-state index contributed by atoms with van der Waals surface area (Å²) in [6, 6.07) is 17.2. The van der Waals surface area contributed by atoms with Gasteiger partial charge in [0.1, 0.15) is 0 Å². The van der Waals surface area contributed by atoms with Crippen LogP contribution in [0.5, 0.6) is 0 Å². The van der Waals surface area contributed by atoms with Crippen molar-refractivity contribution in [3.63, 3.8) is 0 Å². The lowest BCUT2D eigenvalue weighted by molar-refractivity contribution is 0.0998. The Labute approximate surface area is 125 Å². The van der Waals surface area contributed by atoms with Gasteiger partial charge < -0.3 is 0 Å². The number of hydrogen-bond acceptors (Lipinski definition) is 3. The maximum atomic E-state index is 12.2. The standard InChI is InChI=1S/C16H11N3OS/c20-15(11-6-2-1-3-7-11)17-16-19-10-12-8-4-5-9-13(12)14(19)18-21-16/h1-9H,10H2. The predicted octanol–water partition coefficient (Wildman–Crippen LogP) is 2.71. The second-order valence-corrected chi connectivity index (χ2v) is 5.55. The van der Waals surface area contributed by atoms with Gasteiger partial charge in [0.25, 0.3) is 5.91 Å². The van der Waals surface area contributed by atoms with Crippen molar-refractivity contribution in [2.75, 3.05) is 0 Å². The van der Waals surface area contributed by atoms with E-state index in [0.29, 0.717) is 10.4 Å². The van der Waals surface area contributed by atoms with E-state index in [2.05, 4.69) is 21.5 Å². The van der Waals surface area contributed by atoms with Crippen LogP contribution in [-0.4, -0.2) is 14.8 Å². The van der Waals surface area contributed by atoms with Gasteiger partial charge in [0, 0.05) is 22.7 Å². The van der Waals surface area contributed by atoms with E-state index < -0.39 is 0 Å². The number of aromatic nitrogens is 2. The predicted molar refractivity (Wildman–Crippen MR) is 81.0 cm³/mol. The Morgan fingerprint density at radius 2 is 1.86 bits per heavy atom. The molecular weight excluding hydrogens is 282 g/mol. The van der Waals surface area contributed by atoms with E-state index in [1.54, 1.807) is 12.1 Å². The summed E-state index contributed by atoms with van der Waals surface area (Å²) in [6.07, 6.45) is 0. The molecule has 102 valence electrons. The summed E-state index contributed by atoms with van der Waals surface area (Å²) < 4.78 is 6.44. The third-order valence-corrected chi connectivity index (χ3v) is 4.24. The maximum Gasteiger partial charge on any atom is 0.279 e. The summed E-state index contributed by atoms with van der Waals surface area (Å²) in [6.45, 7) is 0.725. The molecule has 0 atom stereocenters. The second kappa shape index (κ2) is 4.79. The Bertz CT molecular complexity index is 893. The molecule has 0 bridgehead atoms. The zero-order valence-corrected chi connectivity index (χ0v) is 11.9. The summed E-state index contributed by atoms with van der Waals surface area (Å²) in [7, 11) is 0. The molecule has 2 aromatic carbocycles. The highest BCUT2D eigenvalue weighted by Crippen LogP contribution is 2.28.